The molecule has 3 N–H and O–H groups in total. The van der Waals surface area contributed by atoms with E-state index in [0.29, 0.717) is 0 Å². The third-order valence-electron chi connectivity index (χ3n) is 1.95. The zero-order valence-corrected chi connectivity index (χ0v) is 9.67. The molecule has 0 aliphatic rings. The predicted octanol–water partition coefficient (Wildman–Crippen LogP) is 2.54. The predicted molar refractivity (Wildman–Crippen MR) is 62.9 cm³/mol. The Bertz CT molecular complexity index is 79.0. The average Bonchev–Trinajstić information content (AvgIpc) is 2.16. The van der Waals surface area contributed by atoms with Crippen LogP contribution < -0.4 is 10.5 Å². The lowest BCUT2D eigenvalue weighted by atomic mass is 10.1. The maximum atomic E-state index is 5.35. The van der Waals surface area contributed by atoms with Crippen molar-refractivity contribution in [1.29, 1.82) is 0 Å². The number of unbranched alkanes of at least 4 members (excludes halogenated alkanes) is 5. The van der Waals surface area contributed by atoms with Crippen LogP contribution in [0.3, 0.4) is 0 Å². The topological polar surface area (TPSA) is 38.0 Å². The summed E-state index contributed by atoms with van der Waals surface area (Å²) in [6.07, 6.45) is 8.29. The van der Waals surface area contributed by atoms with E-state index in [1.165, 1.54) is 44.3 Å². The number of hydrogen-bond donors (Lipinski definition) is 2. The quantitative estimate of drug-likeness (QED) is 0.424. The first kappa shape index (κ1) is 13.3. The fraction of sp³-hybridized carbons (Fsp3) is 1.00. The molecule has 0 aromatic heterocycles. The van der Waals surface area contributed by atoms with Gasteiger partial charge in [-0.1, -0.05) is 51.0 Å². The molecular weight excluding hydrogens is 180 g/mol. The van der Waals surface area contributed by atoms with E-state index >= 15 is 0 Å². The lowest BCUT2D eigenvalue weighted by molar-refractivity contribution is 0.626. The van der Waals surface area contributed by atoms with Crippen molar-refractivity contribution >= 4 is 11.9 Å². The van der Waals surface area contributed by atoms with Crippen LogP contribution in [0.15, 0.2) is 0 Å². The maximum absolute atomic E-state index is 5.35. The molecule has 0 aromatic carbocycles. The Morgan fingerprint density at radius 2 is 1.77 bits per heavy atom. The third kappa shape index (κ3) is 12.3. The Morgan fingerprint density at radius 1 is 1.08 bits per heavy atom. The van der Waals surface area contributed by atoms with E-state index in [0.717, 1.165) is 13.1 Å². The lowest BCUT2D eigenvalue weighted by Gasteiger charge is -2.02. The van der Waals surface area contributed by atoms with Gasteiger partial charge in [0.15, 0.2) is 0 Å². The van der Waals surface area contributed by atoms with Crippen molar-refractivity contribution < 1.29 is 0 Å². The molecule has 0 atom stereocenters. The van der Waals surface area contributed by atoms with Crippen LogP contribution >= 0.6 is 11.9 Å². The van der Waals surface area contributed by atoms with Crippen molar-refractivity contribution in [2.75, 3.05) is 18.8 Å². The summed E-state index contributed by atoms with van der Waals surface area (Å²) in [4.78, 5) is 0. The van der Waals surface area contributed by atoms with E-state index in [9.17, 15) is 0 Å². The van der Waals surface area contributed by atoms with Gasteiger partial charge in [0.25, 0.3) is 0 Å². The Labute approximate surface area is 87.2 Å². The van der Waals surface area contributed by atoms with Gasteiger partial charge in [-0.05, 0) is 6.42 Å². The summed E-state index contributed by atoms with van der Waals surface area (Å²) in [7, 11) is 0. The second-order valence-electron chi connectivity index (χ2n) is 3.30. The molecule has 0 bridgehead atoms. The van der Waals surface area contributed by atoms with E-state index in [4.69, 9.17) is 5.73 Å². The third-order valence-corrected chi connectivity index (χ3v) is 2.85. The first-order chi connectivity index (χ1) is 6.41. The molecule has 0 rings (SSSR count). The SMILES string of the molecule is CCCCCCCCSNCCN. The molecule has 0 saturated carbocycles. The highest BCUT2D eigenvalue weighted by molar-refractivity contribution is 7.97. The van der Waals surface area contributed by atoms with E-state index in [1.807, 2.05) is 11.9 Å². The molecule has 0 unspecified atom stereocenters. The zero-order chi connectivity index (χ0) is 9.78. The molecule has 0 aromatic rings. The van der Waals surface area contributed by atoms with Gasteiger partial charge in [0.05, 0.1) is 0 Å². The van der Waals surface area contributed by atoms with E-state index in [1.54, 1.807) is 0 Å². The lowest BCUT2D eigenvalue weighted by Crippen LogP contribution is -2.16. The van der Waals surface area contributed by atoms with Gasteiger partial charge in [-0.3, -0.25) is 4.72 Å². The highest BCUT2D eigenvalue weighted by atomic mass is 32.2. The summed E-state index contributed by atoms with van der Waals surface area (Å²) in [5, 5.41) is 0. The summed E-state index contributed by atoms with van der Waals surface area (Å²) in [6, 6.07) is 0. The van der Waals surface area contributed by atoms with Crippen LogP contribution in [0, 0.1) is 0 Å². The second-order valence-corrected chi connectivity index (χ2v) is 4.28. The maximum Gasteiger partial charge on any atom is 0.0182 e. The smallest absolute Gasteiger partial charge is 0.0182 e. The number of nitrogens with two attached hydrogens (primary N) is 1. The zero-order valence-electron chi connectivity index (χ0n) is 8.85. The highest BCUT2D eigenvalue weighted by Crippen LogP contribution is 2.07. The van der Waals surface area contributed by atoms with Crippen LogP contribution in [0.4, 0.5) is 0 Å². The standard InChI is InChI=1S/C10H24N2S/c1-2-3-4-5-6-7-10-13-12-9-8-11/h12H,2-11H2,1H3. The van der Waals surface area contributed by atoms with Gasteiger partial charge in [-0.15, -0.1) is 0 Å². The molecule has 0 heterocycles. The average molecular weight is 204 g/mol. The van der Waals surface area contributed by atoms with Gasteiger partial charge in [0, 0.05) is 18.8 Å². The number of hydrogen-bond acceptors (Lipinski definition) is 3. The number of nitrogens with one attached hydrogen (secondary N) is 1. The largest absolute Gasteiger partial charge is 0.329 e. The van der Waals surface area contributed by atoms with Crippen molar-refractivity contribution in [1.82, 2.24) is 4.72 Å². The minimum atomic E-state index is 0.740. The van der Waals surface area contributed by atoms with Gasteiger partial charge in [0.2, 0.25) is 0 Å². The first-order valence-electron chi connectivity index (χ1n) is 5.46. The Morgan fingerprint density at radius 3 is 2.46 bits per heavy atom. The summed E-state index contributed by atoms with van der Waals surface area (Å²) in [5.41, 5.74) is 5.35. The molecule has 0 saturated heterocycles. The Kier molecular flexibility index (Phi) is 12.5. The first-order valence-corrected chi connectivity index (χ1v) is 6.45. The van der Waals surface area contributed by atoms with Crippen LogP contribution in [0.1, 0.15) is 45.4 Å². The van der Waals surface area contributed by atoms with Crippen LogP contribution in [0.25, 0.3) is 0 Å². The van der Waals surface area contributed by atoms with Gasteiger partial charge in [-0.2, -0.15) is 0 Å². The fourth-order valence-corrected chi connectivity index (χ4v) is 1.91. The van der Waals surface area contributed by atoms with Crippen molar-refractivity contribution in [3.05, 3.63) is 0 Å². The van der Waals surface area contributed by atoms with Crippen molar-refractivity contribution in [2.24, 2.45) is 5.73 Å². The summed E-state index contributed by atoms with van der Waals surface area (Å²) >= 11 is 1.81. The highest BCUT2D eigenvalue weighted by Gasteiger charge is 1.90. The number of rotatable bonds is 10. The van der Waals surface area contributed by atoms with E-state index in [2.05, 4.69) is 11.6 Å². The Hall–Kier alpha value is 0.270. The van der Waals surface area contributed by atoms with Gasteiger partial charge in [0.1, 0.15) is 0 Å². The van der Waals surface area contributed by atoms with Crippen molar-refractivity contribution in [3.8, 4) is 0 Å². The molecule has 13 heavy (non-hydrogen) atoms. The molecule has 2 nitrogen and oxygen atoms in total. The van der Waals surface area contributed by atoms with Crippen LogP contribution in [-0.4, -0.2) is 18.8 Å². The Balaban J connectivity index is 2.76. The minimum Gasteiger partial charge on any atom is -0.329 e. The van der Waals surface area contributed by atoms with Gasteiger partial charge in [-0.25, -0.2) is 0 Å². The van der Waals surface area contributed by atoms with Crippen LogP contribution in [0.5, 0.6) is 0 Å². The normalized spacial score (nSPS) is 10.6. The minimum absolute atomic E-state index is 0.740. The van der Waals surface area contributed by atoms with Crippen molar-refractivity contribution in [3.63, 3.8) is 0 Å². The molecule has 0 spiro atoms. The summed E-state index contributed by atoms with van der Waals surface area (Å²) in [5.74, 6) is 1.23. The van der Waals surface area contributed by atoms with Gasteiger partial charge >= 0.3 is 0 Å². The molecule has 0 aliphatic heterocycles. The van der Waals surface area contributed by atoms with Gasteiger partial charge < -0.3 is 5.73 Å². The fourth-order valence-electron chi connectivity index (χ4n) is 1.16. The van der Waals surface area contributed by atoms with Crippen LogP contribution in [-0.2, 0) is 0 Å². The monoisotopic (exact) mass is 204 g/mol. The molecule has 0 fully saturated rings. The van der Waals surface area contributed by atoms with E-state index in [-0.39, 0.29) is 0 Å². The molecular formula is C10H24N2S. The molecule has 80 valence electrons. The van der Waals surface area contributed by atoms with Crippen molar-refractivity contribution in [2.45, 2.75) is 45.4 Å². The molecule has 3 heteroatoms. The summed E-state index contributed by atoms with van der Waals surface area (Å²) < 4.78 is 3.23. The molecule has 0 radical (unpaired) electrons. The van der Waals surface area contributed by atoms with Crippen LogP contribution in [0.2, 0.25) is 0 Å². The summed E-state index contributed by atoms with van der Waals surface area (Å²) in [6.45, 7) is 3.93. The molecule has 0 amide bonds. The molecule has 0 aliphatic carbocycles. The second kappa shape index (κ2) is 12.3. The van der Waals surface area contributed by atoms with E-state index < -0.39 is 0 Å².